The first-order valence-electron chi connectivity index (χ1n) is 7.51. The van der Waals surface area contributed by atoms with Gasteiger partial charge >= 0.3 is 0 Å². The minimum Gasteiger partial charge on any atom is -0.493 e. The number of nitrogens with zero attached hydrogens (tertiary/aromatic N) is 2. The van der Waals surface area contributed by atoms with Gasteiger partial charge in [0.05, 0.1) is 18.7 Å². The maximum absolute atomic E-state index is 11.8. The zero-order valence-corrected chi connectivity index (χ0v) is 13.4. The van der Waals surface area contributed by atoms with Crippen molar-refractivity contribution in [2.45, 2.75) is 26.7 Å². The summed E-state index contributed by atoms with van der Waals surface area (Å²) in [7, 11) is 1.94. The molecular weight excluding hydrogens is 278 g/mol. The molecule has 0 aliphatic carbocycles. The van der Waals surface area contributed by atoms with Crippen molar-refractivity contribution in [1.82, 2.24) is 15.1 Å². The highest BCUT2D eigenvalue weighted by molar-refractivity contribution is 5.76. The van der Waals surface area contributed by atoms with E-state index in [9.17, 15) is 4.79 Å². The number of aryl methyl sites for hydroxylation is 2. The first-order chi connectivity index (χ1) is 10.6. The maximum atomic E-state index is 11.8. The van der Waals surface area contributed by atoms with Crippen LogP contribution in [0.15, 0.2) is 30.3 Å². The summed E-state index contributed by atoms with van der Waals surface area (Å²) in [5.41, 5.74) is 3.39. The smallest absolute Gasteiger partial charge is 0.223 e. The van der Waals surface area contributed by atoms with Gasteiger partial charge in [-0.25, -0.2) is 0 Å². The van der Waals surface area contributed by atoms with Crippen LogP contribution in [-0.4, -0.2) is 28.8 Å². The number of carbonyl (C=O) groups excluding carboxylic acids is 1. The molecule has 0 unspecified atom stereocenters. The van der Waals surface area contributed by atoms with Gasteiger partial charge in [0.15, 0.2) is 0 Å². The highest BCUT2D eigenvalue weighted by Gasteiger charge is 2.09. The van der Waals surface area contributed by atoms with Crippen molar-refractivity contribution in [1.29, 1.82) is 0 Å². The lowest BCUT2D eigenvalue weighted by Gasteiger charge is -2.07. The first-order valence-corrected chi connectivity index (χ1v) is 7.51. The van der Waals surface area contributed by atoms with Crippen LogP contribution in [-0.2, 0) is 18.3 Å². The van der Waals surface area contributed by atoms with E-state index in [1.165, 1.54) is 5.56 Å². The molecule has 0 saturated heterocycles. The number of ether oxygens (including phenoxy) is 1. The third-order valence-corrected chi connectivity index (χ3v) is 3.70. The average molecular weight is 301 g/mol. The highest BCUT2D eigenvalue weighted by atomic mass is 16.5. The van der Waals surface area contributed by atoms with Gasteiger partial charge in [-0.15, -0.1) is 0 Å². The standard InChI is InChI=1S/C17H23N3O2/c1-13-16(14(2)20(3)19-13)9-11-18-17(21)10-12-22-15-7-5-4-6-8-15/h4-8H,9-12H2,1-3H3,(H,18,21). The molecule has 1 heterocycles. The van der Waals surface area contributed by atoms with E-state index in [1.54, 1.807) is 0 Å². The number of hydrogen-bond donors (Lipinski definition) is 1. The van der Waals surface area contributed by atoms with Gasteiger partial charge in [0.25, 0.3) is 0 Å². The molecule has 1 aromatic carbocycles. The van der Waals surface area contributed by atoms with E-state index in [0.717, 1.165) is 23.6 Å². The van der Waals surface area contributed by atoms with Gasteiger partial charge in [-0.2, -0.15) is 5.10 Å². The zero-order chi connectivity index (χ0) is 15.9. The van der Waals surface area contributed by atoms with Crippen molar-refractivity contribution < 1.29 is 9.53 Å². The Morgan fingerprint density at radius 1 is 1.27 bits per heavy atom. The quantitative estimate of drug-likeness (QED) is 0.852. The molecule has 0 bridgehead atoms. The number of benzene rings is 1. The Balaban J connectivity index is 1.68. The summed E-state index contributed by atoms with van der Waals surface area (Å²) in [6.07, 6.45) is 1.16. The summed E-state index contributed by atoms with van der Waals surface area (Å²) in [4.78, 5) is 11.8. The molecule has 1 amide bonds. The summed E-state index contributed by atoms with van der Waals surface area (Å²) in [6, 6.07) is 9.52. The summed E-state index contributed by atoms with van der Waals surface area (Å²) in [5.74, 6) is 0.798. The van der Waals surface area contributed by atoms with Crippen LogP contribution in [0.2, 0.25) is 0 Å². The van der Waals surface area contributed by atoms with E-state index in [2.05, 4.69) is 10.4 Å². The number of nitrogens with one attached hydrogen (secondary N) is 1. The Morgan fingerprint density at radius 2 is 2.00 bits per heavy atom. The first kappa shape index (κ1) is 16.1. The predicted octanol–water partition coefficient (Wildman–Crippen LogP) is 2.16. The Bertz CT molecular complexity index is 620. The molecule has 0 aliphatic rings. The molecule has 22 heavy (non-hydrogen) atoms. The van der Waals surface area contributed by atoms with E-state index >= 15 is 0 Å². The van der Waals surface area contributed by atoms with Crippen LogP contribution in [0.1, 0.15) is 23.4 Å². The monoisotopic (exact) mass is 301 g/mol. The van der Waals surface area contributed by atoms with Crippen molar-refractivity contribution >= 4 is 5.91 Å². The van der Waals surface area contributed by atoms with Gasteiger partial charge in [-0.1, -0.05) is 18.2 Å². The number of amides is 1. The Hall–Kier alpha value is -2.30. The van der Waals surface area contributed by atoms with E-state index in [0.29, 0.717) is 19.6 Å². The topological polar surface area (TPSA) is 56.2 Å². The molecule has 0 fully saturated rings. The van der Waals surface area contributed by atoms with Crippen molar-refractivity contribution in [3.8, 4) is 5.75 Å². The second-order valence-electron chi connectivity index (χ2n) is 5.28. The minimum atomic E-state index is 0.00938. The fourth-order valence-electron chi connectivity index (χ4n) is 2.37. The van der Waals surface area contributed by atoms with E-state index in [4.69, 9.17) is 4.74 Å². The maximum Gasteiger partial charge on any atom is 0.223 e. The van der Waals surface area contributed by atoms with Crippen molar-refractivity contribution in [2.24, 2.45) is 7.05 Å². The number of rotatable bonds is 7. The number of aromatic nitrogens is 2. The summed E-state index contributed by atoms with van der Waals surface area (Å²) < 4.78 is 7.38. The SMILES string of the molecule is Cc1nn(C)c(C)c1CCNC(=O)CCOc1ccccc1. The van der Waals surface area contributed by atoms with Gasteiger partial charge in [0, 0.05) is 19.3 Å². The third kappa shape index (κ3) is 4.35. The Labute approximate surface area is 131 Å². The van der Waals surface area contributed by atoms with Crippen LogP contribution >= 0.6 is 0 Å². The summed E-state index contributed by atoms with van der Waals surface area (Å²) >= 11 is 0. The molecule has 1 N–H and O–H groups in total. The highest BCUT2D eigenvalue weighted by Crippen LogP contribution is 2.12. The minimum absolute atomic E-state index is 0.00938. The number of para-hydroxylation sites is 1. The Morgan fingerprint density at radius 3 is 2.64 bits per heavy atom. The second-order valence-corrected chi connectivity index (χ2v) is 5.28. The lowest BCUT2D eigenvalue weighted by atomic mass is 10.1. The molecule has 0 saturated carbocycles. The van der Waals surface area contributed by atoms with Crippen molar-refractivity contribution in [3.63, 3.8) is 0 Å². The van der Waals surface area contributed by atoms with Crippen LogP contribution in [0, 0.1) is 13.8 Å². The molecule has 0 spiro atoms. The van der Waals surface area contributed by atoms with Gasteiger partial charge in [-0.05, 0) is 38.0 Å². The summed E-state index contributed by atoms with van der Waals surface area (Å²) in [5, 5.41) is 7.30. The molecule has 0 aliphatic heterocycles. The third-order valence-electron chi connectivity index (χ3n) is 3.70. The van der Waals surface area contributed by atoms with Crippen molar-refractivity contribution in [3.05, 3.63) is 47.3 Å². The van der Waals surface area contributed by atoms with Crippen LogP contribution in [0.5, 0.6) is 5.75 Å². The van der Waals surface area contributed by atoms with Gasteiger partial charge in [-0.3, -0.25) is 9.48 Å². The van der Waals surface area contributed by atoms with E-state index in [-0.39, 0.29) is 5.91 Å². The van der Waals surface area contributed by atoms with Gasteiger partial charge in [0.2, 0.25) is 5.91 Å². The molecule has 0 atom stereocenters. The molecule has 118 valence electrons. The van der Waals surface area contributed by atoms with Crippen LogP contribution < -0.4 is 10.1 Å². The fraction of sp³-hybridized carbons (Fsp3) is 0.412. The number of carbonyl (C=O) groups is 1. The van der Waals surface area contributed by atoms with Crippen LogP contribution in [0.25, 0.3) is 0 Å². The van der Waals surface area contributed by atoms with Crippen LogP contribution in [0.3, 0.4) is 0 Å². The summed E-state index contributed by atoms with van der Waals surface area (Å²) in [6.45, 7) is 5.06. The zero-order valence-electron chi connectivity index (χ0n) is 13.4. The second kappa shape index (κ2) is 7.64. The van der Waals surface area contributed by atoms with Crippen LogP contribution in [0.4, 0.5) is 0 Å². The molecular formula is C17H23N3O2. The number of hydrogen-bond acceptors (Lipinski definition) is 3. The predicted molar refractivity (Wildman–Crippen MR) is 85.9 cm³/mol. The molecule has 1 aromatic heterocycles. The average Bonchev–Trinajstić information content (AvgIpc) is 2.74. The lowest BCUT2D eigenvalue weighted by Crippen LogP contribution is -2.27. The van der Waals surface area contributed by atoms with E-state index in [1.807, 2.05) is 55.9 Å². The molecule has 5 nitrogen and oxygen atoms in total. The van der Waals surface area contributed by atoms with Gasteiger partial charge in [0.1, 0.15) is 5.75 Å². The normalized spacial score (nSPS) is 10.5. The molecule has 0 radical (unpaired) electrons. The Kier molecular flexibility index (Phi) is 5.58. The largest absolute Gasteiger partial charge is 0.493 e. The molecule has 2 aromatic rings. The van der Waals surface area contributed by atoms with Crippen molar-refractivity contribution in [2.75, 3.05) is 13.2 Å². The lowest BCUT2D eigenvalue weighted by molar-refractivity contribution is -0.121. The molecule has 5 heteroatoms. The molecule has 2 rings (SSSR count). The van der Waals surface area contributed by atoms with Gasteiger partial charge < -0.3 is 10.1 Å². The van der Waals surface area contributed by atoms with E-state index < -0.39 is 0 Å². The fourth-order valence-corrected chi connectivity index (χ4v) is 2.37.